The number of nitrogen functional groups attached to an aromatic ring is 1. The number of fused-ring (bicyclic) bond motifs is 1. The summed E-state index contributed by atoms with van der Waals surface area (Å²) in [6, 6.07) is 4.32. The molecule has 0 aliphatic carbocycles. The maximum absolute atomic E-state index is 12.0. The number of alkyl halides is 3. The minimum absolute atomic E-state index is 0.364. The summed E-state index contributed by atoms with van der Waals surface area (Å²) in [5.74, 6) is 0. The molecule has 0 unspecified atom stereocenters. The van der Waals surface area contributed by atoms with Gasteiger partial charge in [0.15, 0.2) is 0 Å². The van der Waals surface area contributed by atoms with Crippen LogP contribution in [0.4, 0.5) is 29.3 Å². The van der Waals surface area contributed by atoms with Crippen molar-refractivity contribution < 1.29 is 18.0 Å². The largest absolute Gasteiger partial charge is 0.405 e. The summed E-state index contributed by atoms with van der Waals surface area (Å²) in [6.45, 7) is -0.970. The van der Waals surface area contributed by atoms with Crippen LogP contribution < -0.4 is 16.0 Å². The SMILES string of the molecule is Nc1ccc2c(c1)N(C(=O)NCC(F)(F)F)CC2. The molecule has 98 valence electrons. The van der Waals surface area contributed by atoms with Crippen LogP contribution in [0, 0.1) is 0 Å². The Morgan fingerprint density at radius 2 is 2.17 bits per heavy atom. The number of nitrogens with two attached hydrogens (primary N) is 1. The van der Waals surface area contributed by atoms with Gasteiger partial charge in [-0.05, 0) is 24.1 Å². The van der Waals surface area contributed by atoms with Crippen molar-refractivity contribution in [3.8, 4) is 0 Å². The third kappa shape index (κ3) is 2.66. The van der Waals surface area contributed by atoms with Gasteiger partial charge in [-0.15, -0.1) is 0 Å². The van der Waals surface area contributed by atoms with Gasteiger partial charge in [-0.25, -0.2) is 4.79 Å². The second-order valence-corrected chi connectivity index (χ2v) is 4.06. The van der Waals surface area contributed by atoms with Crippen molar-refractivity contribution in [2.24, 2.45) is 0 Å². The summed E-state index contributed by atoms with van der Waals surface area (Å²) in [5, 5.41) is 1.85. The lowest BCUT2D eigenvalue weighted by Crippen LogP contribution is -2.43. The molecular weight excluding hydrogens is 247 g/mol. The number of carbonyl (C=O) groups is 1. The first-order valence-corrected chi connectivity index (χ1v) is 5.37. The molecule has 0 saturated heterocycles. The number of nitrogens with zero attached hydrogens (tertiary/aromatic N) is 1. The van der Waals surface area contributed by atoms with E-state index in [0.29, 0.717) is 24.3 Å². The van der Waals surface area contributed by atoms with Gasteiger partial charge in [-0.2, -0.15) is 13.2 Å². The van der Waals surface area contributed by atoms with Gasteiger partial charge in [0, 0.05) is 12.2 Å². The third-order valence-corrected chi connectivity index (χ3v) is 2.69. The number of hydrogen-bond donors (Lipinski definition) is 2. The number of benzene rings is 1. The molecule has 4 nitrogen and oxygen atoms in total. The summed E-state index contributed by atoms with van der Waals surface area (Å²) < 4.78 is 36.0. The van der Waals surface area contributed by atoms with Gasteiger partial charge in [0.25, 0.3) is 0 Å². The van der Waals surface area contributed by atoms with Crippen LogP contribution in [0.15, 0.2) is 18.2 Å². The smallest absolute Gasteiger partial charge is 0.399 e. The number of halogens is 3. The standard InChI is InChI=1S/C11H12F3N3O/c12-11(13,14)6-16-10(18)17-4-3-7-1-2-8(15)5-9(7)17/h1-2,5H,3-4,6,15H2,(H,16,18). The molecular formula is C11H12F3N3O. The molecule has 0 aromatic heterocycles. The molecule has 1 aliphatic rings. The van der Waals surface area contributed by atoms with Gasteiger partial charge < -0.3 is 11.1 Å². The van der Waals surface area contributed by atoms with E-state index in [1.165, 1.54) is 4.90 Å². The fourth-order valence-electron chi connectivity index (χ4n) is 1.88. The molecule has 2 rings (SSSR count). The molecule has 0 radical (unpaired) electrons. The minimum Gasteiger partial charge on any atom is -0.399 e. The van der Waals surface area contributed by atoms with Gasteiger partial charge >= 0.3 is 12.2 Å². The lowest BCUT2D eigenvalue weighted by atomic mass is 10.1. The van der Waals surface area contributed by atoms with Gasteiger partial charge in [0.2, 0.25) is 0 Å². The van der Waals surface area contributed by atoms with Crippen molar-refractivity contribution in [1.29, 1.82) is 0 Å². The van der Waals surface area contributed by atoms with Crippen LogP contribution in [0.2, 0.25) is 0 Å². The highest BCUT2D eigenvalue weighted by Gasteiger charge is 2.30. The number of hydrogen-bond acceptors (Lipinski definition) is 2. The zero-order valence-electron chi connectivity index (χ0n) is 9.42. The van der Waals surface area contributed by atoms with Crippen LogP contribution >= 0.6 is 0 Å². The maximum atomic E-state index is 12.0. The van der Waals surface area contributed by atoms with Crippen LogP contribution in [0.1, 0.15) is 5.56 Å². The predicted octanol–water partition coefficient (Wildman–Crippen LogP) is 1.90. The molecule has 0 spiro atoms. The lowest BCUT2D eigenvalue weighted by molar-refractivity contribution is -0.122. The first kappa shape index (κ1) is 12.5. The monoisotopic (exact) mass is 259 g/mol. The van der Waals surface area contributed by atoms with Crippen molar-refractivity contribution in [1.82, 2.24) is 5.32 Å². The van der Waals surface area contributed by atoms with Crippen LogP contribution in [0.25, 0.3) is 0 Å². The molecule has 18 heavy (non-hydrogen) atoms. The topological polar surface area (TPSA) is 58.4 Å². The van der Waals surface area contributed by atoms with Crippen molar-refractivity contribution >= 4 is 17.4 Å². The molecule has 3 N–H and O–H groups in total. The van der Waals surface area contributed by atoms with E-state index in [1.807, 2.05) is 5.32 Å². The molecule has 0 fully saturated rings. The van der Waals surface area contributed by atoms with Gasteiger partial charge in [0.05, 0.1) is 5.69 Å². The molecule has 0 bridgehead atoms. The molecule has 1 aliphatic heterocycles. The summed E-state index contributed by atoms with van der Waals surface area (Å²) in [6.07, 6.45) is -3.79. The first-order valence-electron chi connectivity index (χ1n) is 5.37. The van der Waals surface area contributed by atoms with E-state index in [2.05, 4.69) is 0 Å². The van der Waals surface area contributed by atoms with E-state index in [1.54, 1.807) is 18.2 Å². The second-order valence-electron chi connectivity index (χ2n) is 4.06. The Morgan fingerprint density at radius 1 is 1.44 bits per heavy atom. The number of amides is 2. The number of urea groups is 1. The number of nitrogens with one attached hydrogen (secondary N) is 1. The van der Waals surface area contributed by atoms with E-state index in [4.69, 9.17) is 5.73 Å². The Bertz CT molecular complexity index is 473. The Kier molecular flexibility index (Phi) is 3.06. The Hall–Kier alpha value is -1.92. The predicted molar refractivity (Wildman–Crippen MR) is 61.4 cm³/mol. The molecule has 7 heteroatoms. The summed E-state index contributed by atoms with van der Waals surface area (Å²) >= 11 is 0. The maximum Gasteiger partial charge on any atom is 0.405 e. The van der Waals surface area contributed by atoms with Crippen LogP contribution in [-0.2, 0) is 6.42 Å². The van der Waals surface area contributed by atoms with Gasteiger partial charge in [-0.1, -0.05) is 6.07 Å². The van der Waals surface area contributed by atoms with E-state index in [0.717, 1.165) is 5.56 Å². The van der Waals surface area contributed by atoms with E-state index >= 15 is 0 Å². The number of anilines is 2. The number of carbonyl (C=O) groups excluding carboxylic acids is 1. The Balaban J connectivity index is 2.09. The summed E-state index contributed by atoms with van der Waals surface area (Å²) in [5.41, 5.74) is 7.56. The van der Waals surface area contributed by atoms with Gasteiger partial charge in [0.1, 0.15) is 6.54 Å². The van der Waals surface area contributed by atoms with E-state index in [-0.39, 0.29) is 0 Å². The molecule has 1 aromatic rings. The van der Waals surface area contributed by atoms with Crippen molar-refractivity contribution in [2.45, 2.75) is 12.6 Å². The van der Waals surface area contributed by atoms with Crippen molar-refractivity contribution in [3.63, 3.8) is 0 Å². The average molecular weight is 259 g/mol. The summed E-state index contributed by atoms with van der Waals surface area (Å²) in [4.78, 5) is 12.9. The first-order chi connectivity index (χ1) is 8.37. The van der Waals surface area contributed by atoms with Crippen molar-refractivity contribution in [3.05, 3.63) is 23.8 Å². The lowest BCUT2D eigenvalue weighted by Gasteiger charge is -2.19. The average Bonchev–Trinajstić information content (AvgIpc) is 2.67. The fourth-order valence-corrected chi connectivity index (χ4v) is 1.88. The normalized spacial score (nSPS) is 14.5. The Morgan fingerprint density at radius 3 is 2.83 bits per heavy atom. The molecule has 0 saturated carbocycles. The van der Waals surface area contributed by atoms with Crippen LogP contribution in [0.5, 0.6) is 0 Å². The highest BCUT2D eigenvalue weighted by Crippen LogP contribution is 2.29. The zero-order valence-corrected chi connectivity index (χ0v) is 9.42. The van der Waals surface area contributed by atoms with Crippen LogP contribution in [0.3, 0.4) is 0 Å². The molecule has 1 aromatic carbocycles. The fraction of sp³-hybridized carbons (Fsp3) is 0.364. The second kappa shape index (κ2) is 4.40. The minimum atomic E-state index is -4.41. The molecule has 0 atom stereocenters. The highest BCUT2D eigenvalue weighted by atomic mass is 19.4. The van der Waals surface area contributed by atoms with Crippen molar-refractivity contribution in [2.75, 3.05) is 23.7 Å². The van der Waals surface area contributed by atoms with Crippen LogP contribution in [-0.4, -0.2) is 25.3 Å². The molecule has 2 amide bonds. The quantitative estimate of drug-likeness (QED) is 0.757. The molecule has 1 heterocycles. The highest BCUT2D eigenvalue weighted by molar-refractivity contribution is 5.94. The van der Waals surface area contributed by atoms with E-state index in [9.17, 15) is 18.0 Å². The zero-order chi connectivity index (χ0) is 13.3. The van der Waals surface area contributed by atoms with E-state index < -0.39 is 18.8 Å². The number of rotatable bonds is 1. The third-order valence-electron chi connectivity index (χ3n) is 2.69. The Labute approximate surface area is 102 Å². The summed E-state index contributed by atoms with van der Waals surface area (Å²) in [7, 11) is 0. The van der Waals surface area contributed by atoms with Gasteiger partial charge in [-0.3, -0.25) is 4.90 Å².